The van der Waals surface area contributed by atoms with E-state index >= 15 is 0 Å². The van der Waals surface area contributed by atoms with Crippen LogP contribution in [0.15, 0.2) is 71.8 Å². The number of ketones is 1. The summed E-state index contributed by atoms with van der Waals surface area (Å²) < 4.78 is 53.1. The molecule has 2 heterocycles. The molecule has 14 heteroatoms. The lowest BCUT2D eigenvalue weighted by molar-refractivity contribution is -0.129. The first-order valence-electron chi connectivity index (χ1n) is 15.0. The lowest BCUT2D eigenvalue weighted by Gasteiger charge is -2.41. The van der Waals surface area contributed by atoms with E-state index in [1.807, 2.05) is 6.07 Å². The smallest absolute Gasteiger partial charge is 0.250 e. The van der Waals surface area contributed by atoms with Crippen LogP contribution in [-0.4, -0.2) is 61.8 Å². The third-order valence-electron chi connectivity index (χ3n) is 8.40. The quantitative estimate of drug-likeness (QED) is 0.349. The number of halogens is 3. The van der Waals surface area contributed by atoms with Crippen molar-refractivity contribution in [3.63, 3.8) is 0 Å². The number of sulfone groups is 1. The number of alkyl halides is 2. The van der Waals surface area contributed by atoms with Crippen molar-refractivity contribution >= 4 is 50.5 Å². The van der Waals surface area contributed by atoms with Gasteiger partial charge >= 0.3 is 0 Å². The maximum atomic E-state index is 14.9. The topological polar surface area (TPSA) is 141 Å². The van der Waals surface area contributed by atoms with E-state index in [1.165, 1.54) is 53.6 Å². The molecule has 246 valence electrons. The molecule has 1 saturated carbocycles. The van der Waals surface area contributed by atoms with Crippen molar-refractivity contribution < 1.29 is 31.6 Å². The fourth-order valence-corrected chi connectivity index (χ4v) is 6.86. The zero-order chi connectivity index (χ0) is 33.9. The molecule has 1 saturated heterocycles. The van der Waals surface area contributed by atoms with Crippen molar-refractivity contribution in [1.82, 2.24) is 10.3 Å². The molecule has 2 atom stereocenters. The van der Waals surface area contributed by atoms with Crippen LogP contribution in [-0.2, 0) is 24.2 Å². The highest BCUT2D eigenvalue weighted by Gasteiger charge is 2.43. The summed E-state index contributed by atoms with van der Waals surface area (Å²) in [5.41, 5.74) is 0.529. The molecule has 2 aliphatic rings. The first kappa shape index (κ1) is 33.9. The summed E-state index contributed by atoms with van der Waals surface area (Å²) >= 11 is 6.64. The summed E-state index contributed by atoms with van der Waals surface area (Å²) in [5, 5.41) is 12.5. The molecule has 2 amide bonds. The fourth-order valence-electron chi connectivity index (χ4n) is 5.96. The number of piperidine rings is 1. The summed E-state index contributed by atoms with van der Waals surface area (Å²) in [5.74, 6) is -4.17. The van der Waals surface area contributed by atoms with Gasteiger partial charge in [-0.1, -0.05) is 35.9 Å². The monoisotopic (exact) mass is 683 g/mol. The summed E-state index contributed by atoms with van der Waals surface area (Å²) in [6.45, 7) is -0.200. The molecule has 1 aliphatic heterocycles. The number of nitrogens with zero attached hydrogens (tertiary/aromatic N) is 4. The predicted octanol–water partition coefficient (Wildman–Crippen LogP) is 5.02. The molecule has 0 radical (unpaired) electrons. The number of rotatable bonds is 8. The number of Topliss-reactive ketones (excluding diaryl/α,β-unsaturated/α-hetero) is 1. The Morgan fingerprint density at radius 1 is 1.11 bits per heavy atom. The van der Waals surface area contributed by atoms with Crippen LogP contribution in [0.5, 0.6) is 0 Å². The van der Waals surface area contributed by atoms with Crippen molar-refractivity contribution in [1.29, 1.82) is 5.26 Å². The van der Waals surface area contributed by atoms with Gasteiger partial charge in [-0.25, -0.2) is 22.2 Å². The van der Waals surface area contributed by atoms with Gasteiger partial charge in [0.2, 0.25) is 11.8 Å². The Kier molecular flexibility index (Phi) is 9.93. The average molecular weight is 684 g/mol. The Bertz CT molecular complexity index is 1840. The molecule has 2 aromatic carbocycles. The Morgan fingerprint density at radius 2 is 1.83 bits per heavy atom. The van der Waals surface area contributed by atoms with Crippen LogP contribution in [0.4, 0.5) is 20.3 Å². The zero-order valence-corrected chi connectivity index (χ0v) is 27.0. The lowest BCUT2D eigenvalue weighted by atomic mass is 9.91. The number of aromatic nitrogens is 1. The molecule has 1 aliphatic carbocycles. The van der Waals surface area contributed by atoms with Gasteiger partial charge in [0.25, 0.3) is 5.91 Å². The number of pyridine rings is 1. The van der Waals surface area contributed by atoms with Crippen LogP contribution < -0.4 is 15.1 Å². The van der Waals surface area contributed by atoms with Crippen LogP contribution in [0.3, 0.4) is 0 Å². The Morgan fingerprint density at radius 3 is 2.51 bits per heavy atom. The Labute approximate surface area is 276 Å². The zero-order valence-electron chi connectivity index (χ0n) is 25.4. The molecule has 1 N–H and O–H groups in total. The maximum Gasteiger partial charge on any atom is 0.250 e. The van der Waals surface area contributed by atoms with Gasteiger partial charge in [-0.15, -0.1) is 0 Å². The minimum atomic E-state index is -3.76. The van der Waals surface area contributed by atoms with Gasteiger partial charge < -0.3 is 10.2 Å². The number of carbonyl (C=O) groups excluding carboxylic acids is 3. The molecule has 1 aromatic heterocycles. The van der Waals surface area contributed by atoms with E-state index in [-0.39, 0.29) is 70.6 Å². The van der Waals surface area contributed by atoms with E-state index in [4.69, 9.17) is 11.6 Å². The Balaban J connectivity index is 1.65. The third-order valence-corrected chi connectivity index (χ3v) is 9.86. The Hall–Kier alpha value is -4.41. The second kappa shape index (κ2) is 13.8. The first-order chi connectivity index (χ1) is 22.3. The second-order valence-corrected chi connectivity index (χ2v) is 14.2. The van der Waals surface area contributed by atoms with Crippen molar-refractivity contribution in [2.75, 3.05) is 22.6 Å². The van der Waals surface area contributed by atoms with E-state index in [0.29, 0.717) is 0 Å². The molecule has 3 aromatic rings. The van der Waals surface area contributed by atoms with Crippen molar-refractivity contribution in [2.45, 2.75) is 67.5 Å². The molecule has 0 bridgehead atoms. The van der Waals surface area contributed by atoms with Gasteiger partial charge in [0.1, 0.15) is 17.9 Å². The van der Waals surface area contributed by atoms with Crippen LogP contribution in [0.1, 0.15) is 55.7 Å². The molecular formula is C33H32ClF2N5O5S. The molecule has 5 rings (SSSR count). The average Bonchev–Trinajstić information content (AvgIpc) is 3.04. The van der Waals surface area contributed by atoms with E-state index in [0.717, 1.165) is 11.2 Å². The fraction of sp³-hybridized carbons (Fsp3) is 0.364. The summed E-state index contributed by atoms with van der Waals surface area (Å²) in [6, 6.07) is 13.7. The highest BCUT2D eigenvalue weighted by molar-refractivity contribution is 7.90. The number of nitriles is 1. The third kappa shape index (κ3) is 7.77. The molecule has 0 spiro atoms. The van der Waals surface area contributed by atoms with Crippen molar-refractivity contribution in [3.05, 3.63) is 83.0 Å². The number of carbonyl (C=O) groups is 3. The van der Waals surface area contributed by atoms with E-state index in [9.17, 15) is 36.8 Å². The number of anilines is 2. The summed E-state index contributed by atoms with van der Waals surface area (Å²) in [6.07, 6.45) is 1.69. The van der Waals surface area contributed by atoms with Crippen LogP contribution in [0.25, 0.3) is 0 Å². The van der Waals surface area contributed by atoms with Crippen molar-refractivity contribution in [3.8, 4) is 6.07 Å². The van der Waals surface area contributed by atoms with E-state index in [2.05, 4.69) is 10.3 Å². The largest absolute Gasteiger partial charge is 0.351 e. The minimum absolute atomic E-state index is 0.0188. The van der Waals surface area contributed by atoms with Gasteiger partial charge in [0, 0.05) is 54.0 Å². The van der Waals surface area contributed by atoms with Gasteiger partial charge in [-0.3, -0.25) is 19.3 Å². The molecule has 47 heavy (non-hydrogen) atoms. The maximum absolute atomic E-state index is 14.9. The molecule has 2 fully saturated rings. The standard InChI is InChI=1S/C33H32ClF2N5O5S/c1-47(45,46)25-6-4-5-23(18-25)41(32(44)28-10-9-24(42)20-40(28)29-17-21(19-37)13-16-38-29)30(26-7-2-3-8-27(26)34)31(43)39-22-11-14-33(35,36)15-12-22/h2-8,13,16-18,22,28,30H,9-12,14-15,20H2,1H3,(H,39,43)/t28-,30?/m0/s1. The molecule has 1 unspecified atom stereocenters. The lowest BCUT2D eigenvalue weighted by Crippen LogP contribution is -2.56. The van der Waals surface area contributed by atoms with Gasteiger partial charge in [-0.2, -0.15) is 5.26 Å². The van der Waals surface area contributed by atoms with Crippen LogP contribution >= 0.6 is 11.6 Å². The minimum Gasteiger partial charge on any atom is -0.351 e. The number of benzene rings is 2. The van der Waals surface area contributed by atoms with Gasteiger partial charge in [0.05, 0.1) is 23.1 Å². The van der Waals surface area contributed by atoms with Crippen LogP contribution in [0, 0.1) is 11.3 Å². The summed E-state index contributed by atoms with van der Waals surface area (Å²) in [4.78, 5) is 48.7. The highest BCUT2D eigenvalue weighted by Crippen LogP contribution is 2.37. The predicted molar refractivity (Wildman–Crippen MR) is 171 cm³/mol. The number of amides is 2. The SMILES string of the molecule is CS(=O)(=O)c1cccc(N(C(=O)[C@@H]2CCC(=O)CN2c2cc(C#N)ccn2)C(C(=O)NC2CCC(F)(F)CC2)c2ccccc2Cl)c1. The number of hydrogen-bond acceptors (Lipinski definition) is 8. The second-order valence-electron chi connectivity index (χ2n) is 11.8. The van der Waals surface area contributed by atoms with E-state index < -0.39 is 58.5 Å². The van der Waals surface area contributed by atoms with Gasteiger partial charge in [0.15, 0.2) is 15.6 Å². The normalized spacial score (nSPS) is 19.0. The molecular weight excluding hydrogens is 652 g/mol. The summed E-state index contributed by atoms with van der Waals surface area (Å²) in [7, 11) is -3.76. The number of nitrogens with one attached hydrogen (secondary N) is 1. The molecule has 10 nitrogen and oxygen atoms in total. The van der Waals surface area contributed by atoms with Gasteiger partial charge in [-0.05, 0) is 55.7 Å². The number of hydrogen-bond donors (Lipinski definition) is 1. The highest BCUT2D eigenvalue weighted by atomic mass is 35.5. The van der Waals surface area contributed by atoms with E-state index in [1.54, 1.807) is 18.2 Å². The van der Waals surface area contributed by atoms with Crippen LogP contribution in [0.2, 0.25) is 5.02 Å². The first-order valence-corrected chi connectivity index (χ1v) is 17.2. The van der Waals surface area contributed by atoms with Crippen molar-refractivity contribution in [2.24, 2.45) is 0 Å².